The third-order valence-electron chi connectivity index (χ3n) is 6.20. The molecule has 3 heteroatoms. The summed E-state index contributed by atoms with van der Waals surface area (Å²) in [4.78, 5) is 24.0. The lowest BCUT2D eigenvalue weighted by Gasteiger charge is -2.42. The van der Waals surface area contributed by atoms with Gasteiger partial charge in [-0.2, -0.15) is 0 Å². The van der Waals surface area contributed by atoms with E-state index in [4.69, 9.17) is 4.74 Å². The van der Waals surface area contributed by atoms with Crippen LogP contribution in [-0.4, -0.2) is 11.9 Å². The number of esters is 2. The minimum Gasteiger partial charge on any atom is -0.393 e. The van der Waals surface area contributed by atoms with E-state index >= 15 is 0 Å². The standard InChI is InChI=1S/C20H34O3/c1-14(2)7-5-8-15(3)10-11-17-16(4)9-6-12-20(17)13-18(21)23-19(20)22/h14-17H,5-13H2,1-4H3. The third kappa shape index (κ3) is 4.36. The zero-order valence-corrected chi connectivity index (χ0v) is 15.4. The van der Waals surface area contributed by atoms with Crippen molar-refractivity contribution in [1.82, 2.24) is 0 Å². The van der Waals surface area contributed by atoms with Crippen molar-refractivity contribution in [3.63, 3.8) is 0 Å². The molecule has 1 spiro atoms. The van der Waals surface area contributed by atoms with Crippen LogP contribution in [0.15, 0.2) is 0 Å². The van der Waals surface area contributed by atoms with E-state index in [-0.39, 0.29) is 11.9 Å². The van der Waals surface area contributed by atoms with Crippen LogP contribution in [0.25, 0.3) is 0 Å². The summed E-state index contributed by atoms with van der Waals surface area (Å²) < 4.78 is 4.95. The molecule has 0 amide bonds. The Morgan fingerprint density at radius 3 is 2.52 bits per heavy atom. The smallest absolute Gasteiger partial charge is 0.320 e. The number of rotatable bonds is 7. The van der Waals surface area contributed by atoms with Crippen LogP contribution in [-0.2, 0) is 14.3 Å². The molecule has 0 aromatic heterocycles. The van der Waals surface area contributed by atoms with Crippen molar-refractivity contribution in [3.05, 3.63) is 0 Å². The molecule has 132 valence electrons. The highest BCUT2D eigenvalue weighted by Gasteiger charge is 2.56. The molecule has 0 N–H and O–H groups in total. The molecule has 3 nitrogen and oxygen atoms in total. The molecule has 4 atom stereocenters. The molecule has 1 aliphatic carbocycles. The Labute approximate surface area is 141 Å². The first kappa shape index (κ1) is 18.5. The summed E-state index contributed by atoms with van der Waals surface area (Å²) in [7, 11) is 0. The van der Waals surface area contributed by atoms with Crippen LogP contribution in [0.2, 0.25) is 0 Å². The Morgan fingerprint density at radius 2 is 1.91 bits per heavy atom. The average Bonchev–Trinajstić information content (AvgIpc) is 2.72. The zero-order chi connectivity index (χ0) is 17.0. The third-order valence-corrected chi connectivity index (χ3v) is 6.20. The molecule has 0 aromatic rings. The van der Waals surface area contributed by atoms with E-state index in [0.717, 1.165) is 31.6 Å². The fourth-order valence-corrected chi connectivity index (χ4v) is 4.76. The maximum atomic E-state index is 12.4. The van der Waals surface area contributed by atoms with Gasteiger partial charge in [-0.25, -0.2) is 0 Å². The summed E-state index contributed by atoms with van der Waals surface area (Å²) in [5.41, 5.74) is -0.494. The Kier molecular flexibility index (Phi) is 6.27. The highest BCUT2D eigenvalue weighted by atomic mass is 16.6. The highest BCUT2D eigenvalue weighted by Crippen LogP contribution is 2.52. The number of ether oxygens (including phenoxy) is 1. The first-order valence-electron chi connectivity index (χ1n) is 9.60. The van der Waals surface area contributed by atoms with E-state index in [9.17, 15) is 9.59 Å². The van der Waals surface area contributed by atoms with Gasteiger partial charge in [0.2, 0.25) is 0 Å². The molecule has 0 bridgehead atoms. The summed E-state index contributed by atoms with van der Waals surface area (Å²) in [5, 5.41) is 0. The van der Waals surface area contributed by atoms with Gasteiger partial charge in [0.25, 0.3) is 0 Å². The molecule has 1 heterocycles. The summed E-state index contributed by atoms with van der Waals surface area (Å²) in [6.45, 7) is 9.14. The monoisotopic (exact) mass is 322 g/mol. The van der Waals surface area contributed by atoms with Crippen LogP contribution < -0.4 is 0 Å². The van der Waals surface area contributed by atoms with Gasteiger partial charge in [0.1, 0.15) is 0 Å². The minimum atomic E-state index is -0.494. The largest absolute Gasteiger partial charge is 0.393 e. The topological polar surface area (TPSA) is 43.4 Å². The van der Waals surface area contributed by atoms with E-state index in [1.807, 2.05) is 0 Å². The van der Waals surface area contributed by atoms with Gasteiger partial charge < -0.3 is 4.74 Å². The van der Waals surface area contributed by atoms with Gasteiger partial charge in [-0.1, -0.05) is 66.2 Å². The molecule has 1 aliphatic heterocycles. The van der Waals surface area contributed by atoms with Crippen LogP contribution >= 0.6 is 0 Å². The lowest BCUT2D eigenvalue weighted by atomic mass is 9.59. The number of carbonyl (C=O) groups is 2. The first-order valence-corrected chi connectivity index (χ1v) is 9.60. The van der Waals surface area contributed by atoms with Gasteiger partial charge in [-0.3, -0.25) is 9.59 Å². The number of hydrogen-bond acceptors (Lipinski definition) is 3. The Bertz CT molecular complexity index is 429. The molecule has 2 aliphatic rings. The highest BCUT2D eigenvalue weighted by molar-refractivity contribution is 5.97. The molecular formula is C20H34O3. The summed E-state index contributed by atoms with van der Waals surface area (Å²) >= 11 is 0. The van der Waals surface area contributed by atoms with Crippen molar-refractivity contribution in [3.8, 4) is 0 Å². The predicted molar refractivity (Wildman–Crippen MR) is 91.7 cm³/mol. The van der Waals surface area contributed by atoms with Crippen molar-refractivity contribution in [2.75, 3.05) is 0 Å². The Morgan fingerprint density at radius 1 is 1.17 bits per heavy atom. The van der Waals surface area contributed by atoms with E-state index in [2.05, 4.69) is 27.7 Å². The van der Waals surface area contributed by atoms with Crippen molar-refractivity contribution >= 4 is 11.9 Å². The van der Waals surface area contributed by atoms with Gasteiger partial charge >= 0.3 is 11.9 Å². The molecule has 1 saturated carbocycles. The lowest BCUT2D eigenvalue weighted by Crippen LogP contribution is -2.42. The van der Waals surface area contributed by atoms with Crippen molar-refractivity contribution < 1.29 is 14.3 Å². The van der Waals surface area contributed by atoms with Crippen LogP contribution in [0.4, 0.5) is 0 Å². The minimum absolute atomic E-state index is 0.230. The van der Waals surface area contributed by atoms with Gasteiger partial charge in [0, 0.05) is 0 Å². The second-order valence-electron chi connectivity index (χ2n) is 8.58. The quantitative estimate of drug-likeness (QED) is 0.482. The molecular weight excluding hydrogens is 288 g/mol. The van der Waals surface area contributed by atoms with Gasteiger partial charge in [0.15, 0.2) is 0 Å². The number of hydrogen-bond donors (Lipinski definition) is 0. The second kappa shape index (κ2) is 7.81. The SMILES string of the molecule is CC(C)CCCC(C)CCC1C(C)CCCC12CC(=O)OC2=O. The normalized spacial score (nSPS) is 32.6. The maximum absolute atomic E-state index is 12.4. The van der Waals surface area contributed by atoms with Crippen molar-refractivity contribution in [2.24, 2.45) is 29.1 Å². The fourth-order valence-electron chi connectivity index (χ4n) is 4.76. The Hall–Kier alpha value is -0.860. The van der Waals surface area contributed by atoms with E-state index < -0.39 is 5.41 Å². The van der Waals surface area contributed by atoms with Crippen molar-refractivity contribution in [2.45, 2.75) is 85.5 Å². The lowest BCUT2D eigenvalue weighted by molar-refractivity contribution is -0.158. The predicted octanol–water partition coefficient (Wildman–Crippen LogP) is 5.13. The van der Waals surface area contributed by atoms with Crippen molar-refractivity contribution in [1.29, 1.82) is 0 Å². The molecule has 0 radical (unpaired) electrons. The molecule has 1 saturated heterocycles. The molecule has 23 heavy (non-hydrogen) atoms. The van der Waals surface area contributed by atoms with E-state index in [1.165, 1.54) is 25.7 Å². The molecule has 2 rings (SSSR count). The Balaban J connectivity index is 1.92. The van der Waals surface area contributed by atoms with Crippen LogP contribution in [0.1, 0.15) is 85.5 Å². The van der Waals surface area contributed by atoms with Crippen LogP contribution in [0, 0.1) is 29.1 Å². The first-order chi connectivity index (χ1) is 10.8. The average molecular weight is 322 g/mol. The number of carbonyl (C=O) groups excluding carboxylic acids is 2. The van der Waals surface area contributed by atoms with Gasteiger partial charge in [-0.05, 0) is 36.5 Å². The summed E-state index contributed by atoms with van der Waals surface area (Å²) in [6.07, 6.45) is 9.48. The van der Waals surface area contributed by atoms with E-state index in [1.54, 1.807) is 0 Å². The zero-order valence-electron chi connectivity index (χ0n) is 15.4. The fraction of sp³-hybridized carbons (Fsp3) is 0.900. The summed E-state index contributed by atoms with van der Waals surface area (Å²) in [5.74, 6) is 1.79. The van der Waals surface area contributed by atoms with Crippen LogP contribution in [0.3, 0.4) is 0 Å². The molecule has 0 aromatic carbocycles. The maximum Gasteiger partial charge on any atom is 0.320 e. The van der Waals surface area contributed by atoms with Gasteiger partial charge in [-0.15, -0.1) is 0 Å². The molecule has 4 unspecified atom stereocenters. The molecule has 2 fully saturated rings. The van der Waals surface area contributed by atoms with E-state index in [0.29, 0.717) is 24.2 Å². The summed E-state index contributed by atoms with van der Waals surface area (Å²) in [6, 6.07) is 0. The van der Waals surface area contributed by atoms with Gasteiger partial charge in [0.05, 0.1) is 11.8 Å². The second-order valence-corrected chi connectivity index (χ2v) is 8.58. The number of cyclic esters (lactones) is 2. The van der Waals surface area contributed by atoms with Crippen LogP contribution in [0.5, 0.6) is 0 Å².